The molecule has 0 bridgehead atoms. The van der Waals surface area contributed by atoms with Crippen molar-refractivity contribution in [3.63, 3.8) is 0 Å². The minimum atomic E-state index is -0.0684. The van der Waals surface area contributed by atoms with E-state index in [2.05, 4.69) is 15.6 Å². The first kappa shape index (κ1) is 12.0. The number of thioether (sulfide) groups is 1. The third-order valence-corrected chi connectivity index (χ3v) is 3.41. The van der Waals surface area contributed by atoms with E-state index >= 15 is 0 Å². The SMILES string of the molecule is CC(=O)NCCSC(=O)c1cc2c([nH]1)NCC2. The predicted octanol–water partition coefficient (Wildman–Crippen LogP) is 0.992. The third kappa shape index (κ3) is 3.03. The van der Waals surface area contributed by atoms with Crippen molar-refractivity contribution in [3.05, 3.63) is 17.3 Å². The number of aromatic amines is 1. The number of hydrogen-bond acceptors (Lipinski definition) is 4. The number of H-pyrrole nitrogens is 1. The lowest BCUT2D eigenvalue weighted by Gasteiger charge is -2.01. The van der Waals surface area contributed by atoms with Crippen LogP contribution in [0.25, 0.3) is 0 Å². The summed E-state index contributed by atoms with van der Waals surface area (Å²) in [6.45, 7) is 2.92. The van der Waals surface area contributed by atoms with Gasteiger partial charge in [-0.05, 0) is 18.1 Å². The molecule has 2 heterocycles. The van der Waals surface area contributed by atoms with Crippen molar-refractivity contribution in [2.45, 2.75) is 13.3 Å². The molecule has 0 saturated heterocycles. The van der Waals surface area contributed by atoms with Crippen molar-refractivity contribution in [1.82, 2.24) is 10.3 Å². The quantitative estimate of drug-likeness (QED) is 0.700. The summed E-state index contributed by atoms with van der Waals surface area (Å²) in [4.78, 5) is 25.5. The summed E-state index contributed by atoms with van der Waals surface area (Å²) >= 11 is 1.22. The number of fused-ring (bicyclic) bond motifs is 1. The van der Waals surface area contributed by atoms with Crippen molar-refractivity contribution in [2.75, 3.05) is 24.2 Å². The van der Waals surface area contributed by atoms with Crippen LogP contribution in [0.1, 0.15) is 23.0 Å². The molecule has 0 fully saturated rings. The van der Waals surface area contributed by atoms with E-state index < -0.39 is 0 Å². The Morgan fingerprint density at radius 2 is 2.35 bits per heavy atom. The van der Waals surface area contributed by atoms with Gasteiger partial charge in [0.1, 0.15) is 5.82 Å². The fraction of sp³-hybridized carbons (Fsp3) is 0.455. The van der Waals surface area contributed by atoms with E-state index in [1.165, 1.54) is 24.2 Å². The maximum atomic E-state index is 11.8. The van der Waals surface area contributed by atoms with Crippen LogP contribution in [0.5, 0.6) is 0 Å². The molecule has 0 aromatic carbocycles. The molecule has 5 nitrogen and oxygen atoms in total. The van der Waals surface area contributed by atoms with Gasteiger partial charge in [-0.25, -0.2) is 0 Å². The number of carbonyl (C=O) groups is 2. The second kappa shape index (κ2) is 5.27. The highest BCUT2D eigenvalue weighted by atomic mass is 32.2. The number of rotatable bonds is 4. The number of hydrogen-bond donors (Lipinski definition) is 3. The molecule has 17 heavy (non-hydrogen) atoms. The molecule has 92 valence electrons. The summed E-state index contributed by atoms with van der Waals surface area (Å²) < 4.78 is 0. The number of nitrogens with one attached hydrogen (secondary N) is 3. The van der Waals surface area contributed by atoms with Gasteiger partial charge in [0.15, 0.2) is 0 Å². The predicted molar refractivity (Wildman–Crippen MR) is 68.5 cm³/mol. The van der Waals surface area contributed by atoms with Crippen LogP contribution in [0.3, 0.4) is 0 Å². The van der Waals surface area contributed by atoms with Crippen molar-refractivity contribution in [1.29, 1.82) is 0 Å². The summed E-state index contributed by atoms with van der Waals surface area (Å²) in [6, 6.07) is 1.91. The van der Waals surface area contributed by atoms with Gasteiger partial charge in [0, 0.05) is 25.8 Å². The fourth-order valence-corrected chi connectivity index (χ4v) is 2.39. The van der Waals surface area contributed by atoms with Gasteiger partial charge in [-0.2, -0.15) is 0 Å². The van der Waals surface area contributed by atoms with Gasteiger partial charge in [0.05, 0.1) is 5.69 Å². The van der Waals surface area contributed by atoms with Crippen LogP contribution in [-0.2, 0) is 11.2 Å². The number of carbonyl (C=O) groups excluding carboxylic acids is 2. The maximum absolute atomic E-state index is 11.8. The average Bonchev–Trinajstić information content (AvgIpc) is 2.83. The zero-order valence-electron chi connectivity index (χ0n) is 9.63. The Labute approximate surface area is 104 Å². The zero-order valence-corrected chi connectivity index (χ0v) is 10.4. The molecule has 1 aliphatic rings. The molecule has 1 aliphatic heterocycles. The van der Waals surface area contributed by atoms with Gasteiger partial charge in [-0.3, -0.25) is 9.59 Å². The third-order valence-electron chi connectivity index (χ3n) is 2.52. The molecule has 0 radical (unpaired) electrons. The van der Waals surface area contributed by atoms with Gasteiger partial charge in [0.25, 0.3) is 0 Å². The lowest BCUT2D eigenvalue weighted by Crippen LogP contribution is -2.22. The molecule has 0 saturated carbocycles. The molecular weight excluding hydrogens is 238 g/mol. The van der Waals surface area contributed by atoms with Gasteiger partial charge in [0.2, 0.25) is 11.0 Å². The Hall–Kier alpha value is -1.43. The Morgan fingerprint density at radius 3 is 3.06 bits per heavy atom. The van der Waals surface area contributed by atoms with E-state index in [0.717, 1.165) is 18.8 Å². The molecule has 6 heteroatoms. The molecule has 1 aromatic rings. The lowest BCUT2D eigenvalue weighted by molar-refractivity contribution is -0.118. The molecule has 3 N–H and O–H groups in total. The van der Waals surface area contributed by atoms with Crippen molar-refractivity contribution >= 4 is 28.6 Å². The molecule has 1 amide bonds. The van der Waals surface area contributed by atoms with Crippen molar-refractivity contribution < 1.29 is 9.59 Å². The Morgan fingerprint density at radius 1 is 1.53 bits per heavy atom. The Bertz CT molecular complexity index is 420. The first-order valence-corrected chi connectivity index (χ1v) is 6.52. The largest absolute Gasteiger partial charge is 0.371 e. The number of aromatic nitrogens is 1. The second-order valence-corrected chi connectivity index (χ2v) is 4.95. The highest BCUT2D eigenvalue weighted by Crippen LogP contribution is 2.24. The van der Waals surface area contributed by atoms with E-state index in [9.17, 15) is 9.59 Å². The average molecular weight is 253 g/mol. The van der Waals surface area contributed by atoms with Gasteiger partial charge >= 0.3 is 0 Å². The number of amides is 1. The van der Waals surface area contributed by atoms with E-state index in [0.29, 0.717) is 18.0 Å². The lowest BCUT2D eigenvalue weighted by atomic mass is 10.2. The minimum absolute atomic E-state index is 0.0200. The van der Waals surface area contributed by atoms with Crippen LogP contribution >= 0.6 is 11.8 Å². The second-order valence-electron chi connectivity index (χ2n) is 3.88. The highest BCUT2D eigenvalue weighted by molar-refractivity contribution is 8.14. The summed E-state index contributed by atoms with van der Waals surface area (Å²) in [5.41, 5.74) is 1.81. The summed E-state index contributed by atoms with van der Waals surface area (Å²) in [7, 11) is 0. The van der Waals surface area contributed by atoms with Crippen LogP contribution in [0, 0.1) is 0 Å². The molecule has 0 unspecified atom stereocenters. The Balaban J connectivity index is 1.81. The Kier molecular flexibility index (Phi) is 3.73. The standard InChI is InChI=1S/C11H15N3O2S/c1-7(15)12-4-5-17-11(16)9-6-8-2-3-13-10(8)14-9/h6,13-14H,2-5H2,1H3,(H,12,15). The summed E-state index contributed by atoms with van der Waals surface area (Å²) in [5.74, 6) is 1.49. The molecule has 2 rings (SSSR count). The van der Waals surface area contributed by atoms with E-state index in [-0.39, 0.29) is 11.0 Å². The zero-order chi connectivity index (χ0) is 12.3. The van der Waals surface area contributed by atoms with E-state index in [1.54, 1.807) is 0 Å². The minimum Gasteiger partial charge on any atom is -0.371 e. The van der Waals surface area contributed by atoms with Crippen molar-refractivity contribution in [3.8, 4) is 0 Å². The van der Waals surface area contributed by atoms with Crippen LogP contribution < -0.4 is 10.6 Å². The van der Waals surface area contributed by atoms with Crippen LogP contribution in [0.15, 0.2) is 6.07 Å². The monoisotopic (exact) mass is 253 g/mol. The topological polar surface area (TPSA) is 74.0 Å². The molecule has 0 spiro atoms. The fourth-order valence-electron chi connectivity index (χ4n) is 1.73. The normalized spacial score (nSPS) is 13.0. The smallest absolute Gasteiger partial charge is 0.235 e. The molecule has 0 atom stereocenters. The van der Waals surface area contributed by atoms with Crippen LogP contribution in [0.2, 0.25) is 0 Å². The molecule has 1 aromatic heterocycles. The molecule has 0 aliphatic carbocycles. The summed E-state index contributed by atoms with van der Waals surface area (Å²) in [5, 5.41) is 5.86. The number of anilines is 1. The van der Waals surface area contributed by atoms with Crippen LogP contribution in [-0.4, -0.2) is 34.8 Å². The summed E-state index contributed by atoms with van der Waals surface area (Å²) in [6.07, 6.45) is 0.968. The highest BCUT2D eigenvalue weighted by Gasteiger charge is 2.17. The van der Waals surface area contributed by atoms with E-state index in [1.807, 2.05) is 6.07 Å². The van der Waals surface area contributed by atoms with Gasteiger partial charge < -0.3 is 15.6 Å². The molecular formula is C11H15N3O2S. The first-order chi connectivity index (χ1) is 8.16. The van der Waals surface area contributed by atoms with Crippen LogP contribution in [0.4, 0.5) is 5.82 Å². The first-order valence-electron chi connectivity index (χ1n) is 5.54. The van der Waals surface area contributed by atoms with Crippen molar-refractivity contribution in [2.24, 2.45) is 0 Å². The van der Waals surface area contributed by atoms with Gasteiger partial charge in [-0.1, -0.05) is 11.8 Å². The van der Waals surface area contributed by atoms with Gasteiger partial charge in [-0.15, -0.1) is 0 Å². The maximum Gasteiger partial charge on any atom is 0.235 e. The van der Waals surface area contributed by atoms with E-state index in [4.69, 9.17) is 0 Å².